The van der Waals surface area contributed by atoms with Crippen LogP contribution in [0.15, 0.2) is 36.5 Å². The number of ether oxygens (including phenoxy) is 1. The molecule has 0 aliphatic carbocycles. The van der Waals surface area contributed by atoms with Gasteiger partial charge in [-0.2, -0.15) is 0 Å². The highest BCUT2D eigenvalue weighted by molar-refractivity contribution is 5.96. The molecule has 0 fully saturated rings. The molecule has 0 aliphatic rings. The molecule has 0 atom stereocenters. The Kier molecular flexibility index (Phi) is 6.19. The zero-order valence-corrected chi connectivity index (χ0v) is 16.6. The van der Waals surface area contributed by atoms with Crippen LogP contribution in [-0.4, -0.2) is 32.9 Å². The molecule has 6 nitrogen and oxygen atoms in total. The standard InChI is InChI=1S/C22H25N3O3/c1-4-20-24-19-13-17(15(3)26)14-23-22(19)25(20)18-10-8-16(9-11-18)7-6-12-28-21(27)5-2/h8-11,13-14H,4-7,12H2,1-3H3. The normalized spacial score (nSPS) is 11.0. The number of carbonyl (C=O) groups excluding carboxylic acids is 2. The Morgan fingerprint density at radius 2 is 1.89 bits per heavy atom. The number of Topliss-reactive ketones (excluding diaryl/α,β-unsaturated/α-hetero) is 1. The number of carbonyl (C=O) groups is 2. The minimum atomic E-state index is -0.158. The SMILES string of the molecule is CCC(=O)OCCCc1ccc(-n2c(CC)nc3cc(C(C)=O)cnc32)cc1. The number of rotatable bonds is 8. The third kappa shape index (κ3) is 4.27. The number of benzene rings is 1. The second-order valence-electron chi connectivity index (χ2n) is 6.68. The first kappa shape index (κ1) is 19.7. The predicted molar refractivity (Wildman–Crippen MR) is 108 cm³/mol. The van der Waals surface area contributed by atoms with E-state index in [2.05, 4.69) is 29.0 Å². The first-order valence-electron chi connectivity index (χ1n) is 9.66. The topological polar surface area (TPSA) is 74.1 Å². The van der Waals surface area contributed by atoms with Crippen LogP contribution in [0.5, 0.6) is 0 Å². The van der Waals surface area contributed by atoms with Crippen LogP contribution in [0.4, 0.5) is 0 Å². The van der Waals surface area contributed by atoms with E-state index < -0.39 is 0 Å². The van der Waals surface area contributed by atoms with Crippen LogP contribution in [0.1, 0.15) is 55.4 Å². The molecule has 2 aromatic heterocycles. The van der Waals surface area contributed by atoms with Crippen LogP contribution in [-0.2, 0) is 22.4 Å². The van der Waals surface area contributed by atoms with Crippen molar-refractivity contribution in [3.63, 3.8) is 0 Å². The summed E-state index contributed by atoms with van der Waals surface area (Å²) in [7, 11) is 0. The summed E-state index contributed by atoms with van der Waals surface area (Å²) in [4.78, 5) is 31.9. The highest BCUT2D eigenvalue weighted by Crippen LogP contribution is 2.22. The number of aromatic nitrogens is 3. The molecule has 3 aromatic rings. The Balaban J connectivity index is 1.80. The molecule has 0 saturated carbocycles. The Morgan fingerprint density at radius 1 is 1.14 bits per heavy atom. The van der Waals surface area contributed by atoms with Gasteiger partial charge in [0.1, 0.15) is 11.3 Å². The molecule has 146 valence electrons. The van der Waals surface area contributed by atoms with Crippen molar-refractivity contribution in [2.75, 3.05) is 6.61 Å². The van der Waals surface area contributed by atoms with Gasteiger partial charge in [-0.05, 0) is 43.5 Å². The van der Waals surface area contributed by atoms with E-state index in [-0.39, 0.29) is 11.8 Å². The maximum atomic E-state index is 11.6. The second-order valence-corrected chi connectivity index (χ2v) is 6.68. The summed E-state index contributed by atoms with van der Waals surface area (Å²) in [5.74, 6) is 0.730. The molecule has 0 spiro atoms. The van der Waals surface area contributed by atoms with Crippen molar-refractivity contribution in [1.82, 2.24) is 14.5 Å². The summed E-state index contributed by atoms with van der Waals surface area (Å²) in [5.41, 5.74) is 4.22. The number of fused-ring (bicyclic) bond motifs is 1. The van der Waals surface area contributed by atoms with Gasteiger partial charge in [-0.15, -0.1) is 0 Å². The number of hydrogen-bond donors (Lipinski definition) is 0. The quantitative estimate of drug-likeness (QED) is 0.335. The number of hydrogen-bond acceptors (Lipinski definition) is 5. The van der Waals surface area contributed by atoms with Gasteiger partial charge in [0.25, 0.3) is 0 Å². The van der Waals surface area contributed by atoms with Gasteiger partial charge in [0.05, 0.1) is 6.61 Å². The zero-order chi connectivity index (χ0) is 20.1. The van der Waals surface area contributed by atoms with Crippen LogP contribution in [0, 0.1) is 0 Å². The molecule has 28 heavy (non-hydrogen) atoms. The molecule has 0 bridgehead atoms. The lowest BCUT2D eigenvalue weighted by molar-refractivity contribution is -0.143. The molecule has 0 saturated heterocycles. The zero-order valence-electron chi connectivity index (χ0n) is 16.6. The minimum absolute atomic E-state index is 0.0176. The highest BCUT2D eigenvalue weighted by Gasteiger charge is 2.14. The van der Waals surface area contributed by atoms with Crippen molar-refractivity contribution in [2.24, 2.45) is 0 Å². The Hall–Kier alpha value is -3.02. The summed E-state index contributed by atoms with van der Waals surface area (Å²) in [5, 5.41) is 0. The molecule has 2 heterocycles. The van der Waals surface area contributed by atoms with Crippen LogP contribution in [0.3, 0.4) is 0 Å². The molecular formula is C22H25N3O3. The molecule has 0 aliphatic heterocycles. The maximum absolute atomic E-state index is 11.6. The van der Waals surface area contributed by atoms with E-state index in [0.29, 0.717) is 18.6 Å². The monoisotopic (exact) mass is 379 g/mol. The molecule has 1 aromatic carbocycles. The number of esters is 1. The van der Waals surface area contributed by atoms with E-state index in [1.165, 1.54) is 12.5 Å². The predicted octanol–water partition coefficient (Wildman–Crippen LogP) is 4.07. The number of aryl methyl sites for hydroxylation is 2. The highest BCUT2D eigenvalue weighted by atomic mass is 16.5. The fourth-order valence-corrected chi connectivity index (χ4v) is 3.09. The van der Waals surface area contributed by atoms with Crippen LogP contribution < -0.4 is 0 Å². The van der Waals surface area contributed by atoms with E-state index in [1.54, 1.807) is 19.2 Å². The van der Waals surface area contributed by atoms with Crippen LogP contribution in [0.2, 0.25) is 0 Å². The number of imidazole rings is 1. The third-order valence-corrected chi connectivity index (χ3v) is 4.65. The largest absolute Gasteiger partial charge is 0.466 e. The van der Waals surface area contributed by atoms with Crippen molar-refractivity contribution in [3.8, 4) is 5.69 Å². The summed E-state index contributed by atoms with van der Waals surface area (Å²) in [6.07, 6.45) is 4.43. The average molecular weight is 379 g/mol. The van der Waals surface area contributed by atoms with Gasteiger partial charge in [0, 0.05) is 30.3 Å². The average Bonchev–Trinajstić information content (AvgIpc) is 3.09. The Morgan fingerprint density at radius 3 is 2.54 bits per heavy atom. The molecule has 0 amide bonds. The molecule has 0 unspecified atom stereocenters. The molecule has 6 heteroatoms. The van der Waals surface area contributed by atoms with Crippen molar-refractivity contribution in [1.29, 1.82) is 0 Å². The summed E-state index contributed by atoms with van der Waals surface area (Å²) in [6.45, 7) is 5.82. The van der Waals surface area contributed by atoms with Gasteiger partial charge >= 0.3 is 5.97 Å². The summed E-state index contributed by atoms with van der Waals surface area (Å²) < 4.78 is 7.15. The number of pyridine rings is 1. The van der Waals surface area contributed by atoms with Gasteiger partial charge in [0.2, 0.25) is 0 Å². The molecule has 0 radical (unpaired) electrons. The van der Waals surface area contributed by atoms with Gasteiger partial charge in [0.15, 0.2) is 11.4 Å². The van der Waals surface area contributed by atoms with E-state index >= 15 is 0 Å². The smallest absolute Gasteiger partial charge is 0.305 e. The van der Waals surface area contributed by atoms with Crippen molar-refractivity contribution in [3.05, 3.63) is 53.5 Å². The lowest BCUT2D eigenvalue weighted by Gasteiger charge is -2.09. The van der Waals surface area contributed by atoms with E-state index in [9.17, 15) is 9.59 Å². The van der Waals surface area contributed by atoms with Gasteiger partial charge in [-0.3, -0.25) is 14.2 Å². The number of nitrogens with zero attached hydrogens (tertiary/aromatic N) is 3. The van der Waals surface area contributed by atoms with Crippen molar-refractivity contribution >= 4 is 22.9 Å². The van der Waals surface area contributed by atoms with E-state index in [0.717, 1.165) is 41.9 Å². The summed E-state index contributed by atoms with van der Waals surface area (Å²) >= 11 is 0. The van der Waals surface area contributed by atoms with Gasteiger partial charge in [-0.25, -0.2) is 9.97 Å². The van der Waals surface area contributed by atoms with Crippen LogP contribution >= 0.6 is 0 Å². The third-order valence-electron chi connectivity index (χ3n) is 4.65. The van der Waals surface area contributed by atoms with Gasteiger partial charge in [-0.1, -0.05) is 26.0 Å². The second kappa shape index (κ2) is 8.78. The molecular weight excluding hydrogens is 354 g/mol. The van der Waals surface area contributed by atoms with E-state index in [1.807, 2.05) is 16.7 Å². The maximum Gasteiger partial charge on any atom is 0.305 e. The van der Waals surface area contributed by atoms with Crippen molar-refractivity contribution in [2.45, 2.75) is 46.5 Å². The minimum Gasteiger partial charge on any atom is -0.466 e. The van der Waals surface area contributed by atoms with Gasteiger partial charge < -0.3 is 4.74 Å². The number of ketones is 1. The lowest BCUT2D eigenvalue weighted by atomic mass is 10.1. The fourth-order valence-electron chi connectivity index (χ4n) is 3.09. The summed E-state index contributed by atoms with van der Waals surface area (Å²) in [6, 6.07) is 10.0. The molecule has 3 rings (SSSR count). The Bertz CT molecular complexity index is 990. The fraction of sp³-hybridized carbons (Fsp3) is 0.364. The van der Waals surface area contributed by atoms with Crippen LogP contribution in [0.25, 0.3) is 16.9 Å². The molecule has 0 N–H and O–H groups in total. The Labute approximate surface area is 164 Å². The first-order valence-corrected chi connectivity index (χ1v) is 9.66. The van der Waals surface area contributed by atoms with E-state index in [4.69, 9.17) is 4.74 Å². The first-order chi connectivity index (χ1) is 13.5. The van der Waals surface area contributed by atoms with Crippen molar-refractivity contribution < 1.29 is 14.3 Å². The lowest BCUT2D eigenvalue weighted by Crippen LogP contribution is -2.05.